The molecule has 0 aromatic heterocycles. The molecule has 134 valence electrons. The van der Waals surface area contributed by atoms with Gasteiger partial charge in [-0.2, -0.15) is 0 Å². The fourth-order valence-corrected chi connectivity index (χ4v) is 3.31. The van der Waals surface area contributed by atoms with E-state index >= 15 is 0 Å². The summed E-state index contributed by atoms with van der Waals surface area (Å²) >= 11 is 0. The minimum absolute atomic E-state index is 0.0126. The van der Waals surface area contributed by atoms with Crippen LogP contribution in [0.4, 0.5) is 11.4 Å². The minimum Gasteiger partial charge on any atom is -0.370 e. The predicted molar refractivity (Wildman–Crippen MR) is 102 cm³/mol. The second-order valence-electron chi connectivity index (χ2n) is 6.97. The van der Waals surface area contributed by atoms with Crippen molar-refractivity contribution in [3.05, 3.63) is 60.2 Å². The summed E-state index contributed by atoms with van der Waals surface area (Å²) in [7, 11) is 0. The summed E-state index contributed by atoms with van der Waals surface area (Å²) in [5.41, 5.74) is 2.64. The van der Waals surface area contributed by atoms with Gasteiger partial charge < -0.3 is 15.5 Å². The molecule has 1 unspecified atom stereocenters. The van der Waals surface area contributed by atoms with Crippen LogP contribution < -0.4 is 15.5 Å². The molecule has 0 bridgehead atoms. The number of benzene rings is 2. The molecule has 1 saturated heterocycles. The molecule has 2 amide bonds. The first-order valence-electron chi connectivity index (χ1n) is 9.23. The lowest BCUT2D eigenvalue weighted by Crippen LogP contribution is -2.34. The number of carbonyl (C=O) groups excluding carboxylic acids is 2. The van der Waals surface area contributed by atoms with Crippen LogP contribution in [-0.4, -0.2) is 24.4 Å². The number of carbonyl (C=O) groups is 2. The van der Waals surface area contributed by atoms with Gasteiger partial charge in [0, 0.05) is 30.4 Å². The van der Waals surface area contributed by atoms with Gasteiger partial charge in [-0.1, -0.05) is 36.4 Å². The fraction of sp³-hybridized carbons (Fsp3) is 0.333. The molecule has 1 atom stereocenters. The highest BCUT2D eigenvalue weighted by Gasteiger charge is 2.28. The van der Waals surface area contributed by atoms with E-state index in [1.54, 1.807) is 0 Å². The van der Waals surface area contributed by atoms with Crippen LogP contribution in [0.25, 0.3) is 0 Å². The Hall–Kier alpha value is -2.82. The zero-order valence-corrected chi connectivity index (χ0v) is 14.7. The lowest BCUT2D eigenvalue weighted by molar-refractivity contribution is -0.122. The van der Waals surface area contributed by atoms with Gasteiger partial charge in [-0.05, 0) is 43.0 Å². The molecule has 26 heavy (non-hydrogen) atoms. The molecule has 1 aliphatic heterocycles. The number of nitrogens with one attached hydrogen (secondary N) is 2. The molecule has 2 fully saturated rings. The molecule has 1 aliphatic carbocycles. The number of hydrogen-bond acceptors (Lipinski definition) is 3. The van der Waals surface area contributed by atoms with E-state index in [1.807, 2.05) is 59.5 Å². The molecule has 2 aromatic rings. The van der Waals surface area contributed by atoms with Crippen molar-refractivity contribution in [3.8, 4) is 0 Å². The Kier molecular flexibility index (Phi) is 4.61. The number of rotatable bonds is 6. The molecule has 4 rings (SSSR count). The average molecular weight is 349 g/mol. The maximum absolute atomic E-state index is 12.8. The second-order valence-corrected chi connectivity index (χ2v) is 6.97. The Morgan fingerprint density at radius 3 is 2.58 bits per heavy atom. The van der Waals surface area contributed by atoms with Gasteiger partial charge in [-0.3, -0.25) is 9.59 Å². The molecule has 0 radical (unpaired) electrons. The first-order chi connectivity index (χ1) is 12.7. The van der Waals surface area contributed by atoms with Gasteiger partial charge in [0.1, 0.15) is 6.04 Å². The topological polar surface area (TPSA) is 61.4 Å². The third kappa shape index (κ3) is 3.72. The van der Waals surface area contributed by atoms with Crippen LogP contribution in [0, 0.1) is 0 Å². The summed E-state index contributed by atoms with van der Waals surface area (Å²) in [6, 6.07) is 17.3. The maximum atomic E-state index is 12.8. The Bertz CT molecular complexity index is 802. The van der Waals surface area contributed by atoms with E-state index in [1.165, 1.54) is 0 Å². The lowest BCUT2D eigenvalue weighted by Gasteiger charge is -2.22. The SMILES string of the molecule is O=C(NC1CC1)C(Nc1cccc(N2CCCC2=O)c1)c1ccccc1. The first kappa shape index (κ1) is 16.6. The van der Waals surface area contributed by atoms with Crippen molar-refractivity contribution < 1.29 is 9.59 Å². The first-order valence-corrected chi connectivity index (χ1v) is 9.23. The van der Waals surface area contributed by atoms with Crippen LogP contribution in [0.3, 0.4) is 0 Å². The van der Waals surface area contributed by atoms with Crippen molar-refractivity contribution in [1.29, 1.82) is 0 Å². The summed E-state index contributed by atoms with van der Waals surface area (Å²) in [6.07, 6.45) is 3.61. The van der Waals surface area contributed by atoms with Crippen molar-refractivity contribution in [2.24, 2.45) is 0 Å². The largest absolute Gasteiger partial charge is 0.370 e. The van der Waals surface area contributed by atoms with E-state index in [0.717, 1.165) is 42.7 Å². The van der Waals surface area contributed by atoms with Crippen LogP contribution in [-0.2, 0) is 9.59 Å². The van der Waals surface area contributed by atoms with Crippen LogP contribution >= 0.6 is 0 Å². The van der Waals surface area contributed by atoms with Crippen molar-refractivity contribution in [2.75, 3.05) is 16.8 Å². The Morgan fingerprint density at radius 1 is 1.08 bits per heavy atom. The molecule has 5 heteroatoms. The highest BCUT2D eigenvalue weighted by atomic mass is 16.2. The van der Waals surface area contributed by atoms with Crippen molar-refractivity contribution >= 4 is 23.2 Å². The summed E-state index contributed by atoms with van der Waals surface area (Å²) in [5, 5.41) is 6.44. The van der Waals surface area contributed by atoms with Gasteiger partial charge in [-0.25, -0.2) is 0 Å². The summed E-state index contributed by atoms with van der Waals surface area (Å²) < 4.78 is 0. The highest BCUT2D eigenvalue weighted by Crippen LogP contribution is 2.28. The van der Waals surface area contributed by atoms with Gasteiger partial charge >= 0.3 is 0 Å². The second kappa shape index (κ2) is 7.20. The molecule has 2 N–H and O–H groups in total. The van der Waals surface area contributed by atoms with Crippen LogP contribution in [0.5, 0.6) is 0 Å². The van der Waals surface area contributed by atoms with Crippen molar-refractivity contribution in [2.45, 2.75) is 37.8 Å². The van der Waals surface area contributed by atoms with E-state index in [2.05, 4.69) is 10.6 Å². The number of hydrogen-bond donors (Lipinski definition) is 2. The van der Waals surface area contributed by atoms with Crippen LogP contribution in [0.1, 0.15) is 37.3 Å². The fourth-order valence-electron chi connectivity index (χ4n) is 3.31. The normalized spacial score (nSPS) is 17.8. The van der Waals surface area contributed by atoms with Crippen molar-refractivity contribution in [3.63, 3.8) is 0 Å². The summed E-state index contributed by atoms with van der Waals surface area (Å²) in [5.74, 6) is 0.148. The molecule has 0 spiro atoms. The van der Waals surface area contributed by atoms with E-state index in [-0.39, 0.29) is 11.8 Å². The molecule has 1 heterocycles. The number of nitrogens with zero attached hydrogens (tertiary/aromatic N) is 1. The zero-order chi connectivity index (χ0) is 17.9. The Morgan fingerprint density at radius 2 is 1.88 bits per heavy atom. The van der Waals surface area contributed by atoms with E-state index in [9.17, 15) is 9.59 Å². The van der Waals surface area contributed by atoms with E-state index in [0.29, 0.717) is 12.5 Å². The summed E-state index contributed by atoms with van der Waals surface area (Å²) in [6.45, 7) is 0.757. The molecule has 2 aromatic carbocycles. The van der Waals surface area contributed by atoms with E-state index < -0.39 is 6.04 Å². The van der Waals surface area contributed by atoms with Crippen LogP contribution in [0.15, 0.2) is 54.6 Å². The van der Waals surface area contributed by atoms with Crippen molar-refractivity contribution in [1.82, 2.24) is 5.32 Å². The average Bonchev–Trinajstić information content (AvgIpc) is 3.38. The molecular weight excluding hydrogens is 326 g/mol. The molecular formula is C21H23N3O2. The van der Waals surface area contributed by atoms with E-state index in [4.69, 9.17) is 0 Å². The third-order valence-corrected chi connectivity index (χ3v) is 4.86. The van der Waals surface area contributed by atoms with Crippen LogP contribution in [0.2, 0.25) is 0 Å². The monoisotopic (exact) mass is 349 g/mol. The Labute approximate surface area is 153 Å². The number of anilines is 2. The quantitative estimate of drug-likeness (QED) is 0.842. The molecule has 5 nitrogen and oxygen atoms in total. The predicted octanol–water partition coefficient (Wildman–Crippen LogP) is 3.25. The maximum Gasteiger partial charge on any atom is 0.247 e. The van der Waals surface area contributed by atoms with Gasteiger partial charge in [0.05, 0.1) is 0 Å². The van der Waals surface area contributed by atoms with Gasteiger partial charge in [0.2, 0.25) is 11.8 Å². The Balaban J connectivity index is 1.57. The van der Waals surface area contributed by atoms with Gasteiger partial charge in [0.25, 0.3) is 0 Å². The minimum atomic E-state index is -0.457. The third-order valence-electron chi connectivity index (χ3n) is 4.86. The zero-order valence-electron chi connectivity index (χ0n) is 14.7. The molecule has 2 aliphatic rings. The standard InChI is InChI=1S/C21H23N3O2/c25-19-10-5-13-24(19)18-9-4-8-17(14-18)22-20(15-6-2-1-3-7-15)21(26)23-16-11-12-16/h1-4,6-9,14,16,20,22H,5,10-13H2,(H,23,26). The smallest absolute Gasteiger partial charge is 0.247 e. The van der Waals surface area contributed by atoms with Gasteiger partial charge in [-0.15, -0.1) is 0 Å². The lowest BCUT2D eigenvalue weighted by atomic mass is 10.1. The number of amides is 2. The summed E-state index contributed by atoms with van der Waals surface area (Å²) in [4.78, 5) is 26.6. The van der Waals surface area contributed by atoms with Gasteiger partial charge in [0.15, 0.2) is 0 Å². The highest BCUT2D eigenvalue weighted by molar-refractivity contribution is 5.96. The molecule has 1 saturated carbocycles.